The standard InChI is InChI=1S/C19H13BrN6O8/c1-33-17-7-11(9-22-23-18-5-3-13(10-21-18)25(29)30)6-14(20)19(17)34-16-4-2-12(24(27)28)8-15(16)26(31)32/h2-10H,1H3,(H,21,23)/b22-9+. The van der Waals surface area contributed by atoms with Crippen LogP contribution >= 0.6 is 15.9 Å². The van der Waals surface area contributed by atoms with Gasteiger partial charge in [-0.2, -0.15) is 5.10 Å². The Morgan fingerprint density at radius 3 is 2.26 bits per heavy atom. The summed E-state index contributed by atoms with van der Waals surface area (Å²) in [6.07, 6.45) is 2.50. The largest absolute Gasteiger partial charge is 0.493 e. The first-order valence-corrected chi connectivity index (χ1v) is 9.86. The van der Waals surface area contributed by atoms with Gasteiger partial charge in [0.25, 0.3) is 11.4 Å². The van der Waals surface area contributed by atoms with Crippen LogP contribution in [0.3, 0.4) is 0 Å². The van der Waals surface area contributed by atoms with Gasteiger partial charge >= 0.3 is 5.69 Å². The van der Waals surface area contributed by atoms with Crippen molar-refractivity contribution in [3.8, 4) is 17.2 Å². The molecule has 3 rings (SSSR count). The van der Waals surface area contributed by atoms with E-state index in [1.54, 1.807) is 6.07 Å². The lowest BCUT2D eigenvalue weighted by atomic mass is 10.2. The summed E-state index contributed by atoms with van der Waals surface area (Å²) < 4.78 is 11.3. The molecule has 0 bridgehead atoms. The van der Waals surface area contributed by atoms with E-state index in [1.807, 2.05) is 0 Å². The number of nitrogens with zero attached hydrogens (tertiary/aromatic N) is 5. The number of hydrogen-bond acceptors (Lipinski definition) is 11. The molecule has 0 aliphatic carbocycles. The second kappa shape index (κ2) is 10.3. The number of rotatable bonds is 9. The van der Waals surface area contributed by atoms with Crippen molar-refractivity contribution < 1.29 is 24.2 Å². The topological polar surface area (TPSA) is 185 Å². The van der Waals surface area contributed by atoms with Crippen molar-refractivity contribution in [1.82, 2.24) is 4.98 Å². The van der Waals surface area contributed by atoms with Gasteiger partial charge in [-0.1, -0.05) is 0 Å². The first-order valence-electron chi connectivity index (χ1n) is 9.07. The molecule has 14 nitrogen and oxygen atoms in total. The minimum atomic E-state index is -0.790. The SMILES string of the molecule is COc1cc(/C=N/Nc2ccc([N+](=O)[O-])cn2)cc(Br)c1Oc1ccc([N+](=O)[O-])cc1[N+](=O)[O-]. The molecule has 0 aliphatic rings. The van der Waals surface area contributed by atoms with Crippen molar-refractivity contribution in [3.63, 3.8) is 0 Å². The molecule has 3 aromatic rings. The zero-order valence-electron chi connectivity index (χ0n) is 17.1. The lowest BCUT2D eigenvalue weighted by Gasteiger charge is -2.13. The number of hydrogen-bond donors (Lipinski definition) is 1. The first kappa shape index (κ1) is 24.0. The van der Waals surface area contributed by atoms with Gasteiger partial charge in [0.15, 0.2) is 11.5 Å². The molecule has 0 atom stereocenters. The van der Waals surface area contributed by atoms with E-state index in [2.05, 4.69) is 31.4 Å². The smallest absolute Gasteiger partial charge is 0.318 e. The molecule has 0 saturated heterocycles. The maximum absolute atomic E-state index is 11.4. The van der Waals surface area contributed by atoms with E-state index >= 15 is 0 Å². The number of ether oxygens (including phenoxy) is 2. The molecule has 0 amide bonds. The summed E-state index contributed by atoms with van der Waals surface area (Å²) in [7, 11) is 1.36. The average molecular weight is 533 g/mol. The molecule has 1 N–H and O–H groups in total. The number of pyridine rings is 1. The second-order valence-electron chi connectivity index (χ2n) is 6.33. The molecule has 1 aromatic heterocycles. The Morgan fingerprint density at radius 2 is 1.68 bits per heavy atom. The molecule has 0 saturated carbocycles. The van der Waals surface area contributed by atoms with Crippen molar-refractivity contribution in [2.45, 2.75) is 0 Å². The third kappa shape index (κ3) is 5.57. The second-order valence-corrected chi connectivity index (χ2v) is 7.19. The highest BCUT2D eigenvalue weighted by atomic mass is 79.9. The van der Waals surface area contributed by atoms with Crippen molar-refractivity contribution >= 4 is 45.0 Å². The van der Waals surface area contributed by atoms with Crippen LogP contribution in [-0.2, 0) is 0 Å². The Labute approximate surface area is 198 Å². The number of nitro groups is 3. The van der Waals surface area contributed by atoms with Crippen molar-refractivity contribution in [3.05, 3.63) is 89.0 Å². The van der Waals surface area contributed by atoms with Crippen LogP contribution in [-0.4, -0.2) is 33.1 Å². The van der Waals surface area contributed by atoms with Crippen LogP contribution in [0.2, 0.25) is 0 Å². The van der Waals surface area contributed by atoms with Gasteiger partial charge in [-0.05, 0) is 45.8 Å². The molecule has 174 valence electrons. The summed E-state index contributed by atoms with van der Waals surface area (Å²) in [5.41, 5.74) is 1.95. The van der Waals surface area contributed by atoms with Gasteiger partial charge in [-0.3, -0.25) is 35.8 Å². The molecule has 0 unspecified atom stereocenters. The predicted octanol–water partition coefficient (Wildman–Crippen LogP) is 4.82. The maximum atomic E-state index is 11.4. The van der Waals surface area contributed by atoms with E-state index in [-0.39, 0.29) is 28.8 Å². The molecule has 0 spiro atoms. The first-order chi connectivity index (χ1) is 16.2. The van der Waals surface area contributed by atoms with E-state index in [0.29, 0.717) is 10.0 Å². The van der Waals surface area contributed by atoms with Crippen molar-refractivity contribution in [2.24, 2.45) is 5.10 Å². The summed E-state index contributed by atoms with van der Waals surface area (Å²) in [4.78, 5) is 34.7. The zero-order chi connectivity index (χ0) is 24.8. The van der Waals surface area contributed by atoms with E-state index in [4.69, 9.17) is 9.47 Å². The van der Waals surface area contributed by atoms with Gasteiger partial charge in [-0.25, -0.2) is 4.98 Å². The normalized spacial score (nSPS) is 10.6. The van der Waals surface area contributed by atoms with Gasteiger partial charge in [0.05, 0.1) is 38.6 Å². The van der Waals surface area contributed by atoms with Crippen LogP contribution in [0.15, 0.2) is 58.2 Å². The summed E-state index contributed by atoms with van der Waals surface area (Å²) in [5.74, 6) is 0.346. The third-order valence-electron chi connectivity index (χ3n) is 4.17. The van der Waals surface area contributed by atoms with Gasteiger partial charge in [0.1, 0.15) is 12.0 Å². The number of anilines is 1. The van der Waals surface area contributed by atoms with Crippen LogP contribution in [0.25, 0.3) is 0 Å². The summed E-state index contributed by atoms with van der Waals surface area (Å²) in [6.45, 7) is 0. The van der Waals surface area contributed by atoms with Crippen molar-refractivity contribution in [1.29, 1.82) is 0 Å². The molecule has 2 aromatic carbocycles. The minimum Gasteiger partial charge on any atom is -0.493 e. The monoisotopic (exact) mass is 532 g/mol. The van der Waals surface area contributed by atoms with Gasteiger partial charge in [0.2, 0.25) is 5.75 Å². The Hall–Kier alpha value is -4.66. The van der Waals surface area contributed by atoms with Crippen LogP contribution in [0.1, 0.15) is 5.56 Å². The van der Waals surface area contributed by atoms with Crippen LogP contribution in [0, 0.1) is 30.3 Å². The maximum Gasteiger partial charge on any atom is 0.318 e. The number of non-ortho nitro benzene ring substituents is 1. The summed E-state index contributed by atoms with van der Waals surface area (Å²) in [5, 5.41) is 37.0. The molecule has 0 fully saturated rings. The average Bonchev–Trinajstić information content (AvgIpc) is 2.80. The number of aromatic nitrogens is 1. The Bertz CT molecular complexity index is 1300. The molecule has 1 heterocycles. The van der Waals surface area contributed by atoms with Crippen LogP contribution in [0.4, 0.5) is 22.9 Å². The lowest BCUT2D eigenvalue weighted by Crippen LogP contribution is -1.99. The van der Waals surface area contributed by atoms with Gasteiger partial charge < -0.3 is 9.47 Å². The Morgan fingerprint density at radius 1 is 0.971 bits per heavy atom. The van der Waals surface area contributed by atoms with Crippen LogP contribution in [0.5, 0.6) is 17.2 Å². The number of halogens is 1. The Balaban J connectivity index is 1.84. The number of nitro benzene ring substituents is 2. The highest BCUT2D eigenvalue weighted by Crippen LogP contribution is 2.42. The molecule has 0 radical (unpaired) electrons. The van der Waals surface area contributed by atoms with E-state index in [9.17, 15) is 30.3 Å². The molecular weight excluding hydrogens is 520 g/mol. The zero-order valence-corrected chi connectivity index (χ0v) is 18.7. The predicted molar refractivity (Wildman–Crippen MR) is 123 cm³/mol. The third-order valence-corrected chi connectivity index (χ3v) is 4.75. The molecular formula is C19H13BrN6O8. The fourth-order valence-electron chi connectivity index (χ4n) is 2.60. The molecule has 34 heavy (non-hydrogen) atoms. The van der Waals surface area contributed by atoms with Gasteiger partial charge in [-0.15, -0.1) is 0 Å². The van der Waals surface area contributed by atoms with Crippen molar-refractivity contribution in [2.75, 3.05) is 12.5 Å². The fourth-order valence-corrected chi connectivity index (χ4v) is 3.15. The van der Waals surface area contributed by atoms with E-state index in [1.165, 1.54) is 31.5 Å². The number of benzene rings is 2. The quantitative estimate of drug-likeness (QED) is 0.227. The number of methoxy groups -OCH3 is 1. The number of nitrogens with one attached hydrogen (secondary N) is 1. The minimum absolute atomic E-state index is 0.0987. The lowest BCUT2D eigenvalue weighted by molar-refractivity contribution is -0.394. The summed E-state index contributed by atoms with van der Waals surface area (Å²) in [6, 6.07) is 8.79. The highest BCUT2D eigenvalue weighted by Gasteiger charge is 2.23. The Kier molecular flexibility index (Phi) is 7.27. The molecule has 15 heteroatoms. The van der Waals surface area contributed by atoms with Crippen LogP contribution < -0.4 is 14.9 Å². The van der Waals surface area contributed by atoms with Gasteiger partial charge in [0, 0.05) is 12.1 Å². The fraction of sp³-hybridized carbons (Fsp3) is 0.0526. The van der Waals surface area contributed by atoms with E-state index in [0.717, 1.165) is 24.4 Å². The highest BCUT2D eigenvalue weighted by molar-refractivity contribution is 9.10. The summed E-state index contributed by atoms with van der Waals surface area (Å²) >= 11 is 3.31. The molecule has 0 aliphatic heterocycles. The van der Waals surface area contributed by atoms with E-state index < -0.39 is 26.1 Å². The number of hydrazone groups is 1.